The molecule has 2 aromatic heterocycles. The number of benzene rings is 1. The molecule has 1 aliphatic heterocycles. The monoisotopic (exact) mass is 321 g/mol. The number of carbonyl (C=O) groups excluding carboxylic acids is 1. The molecule has 1 N–H and O–H groups in total. The predicted molar refractivity (Wildman–Crippen MR) is 87.3 cm³/mol. The van der Waals surface area contributed by atoms with Crippen LogP contribution in [-0.2, 0) is 0 Å². The van der Waals surface area contributed by atoms with Gasteiger partial charge < -0.3 is 14.7 Å². The Labute approximate surface area is 138 Å². The van der Waals surface area contributed by atoms with Crippen LogP contribution in [0.2, 0.25) is 0 Å². The fraction of sp³-hybridized carbons (Fsp3) is 0.176. The van der Waals surface area contributed by atoms with Gasteiger partial charge in [-0.3, -0.25) is 4.98 Å². The van der Waals surface area contributed by atoms with Crippen molar-refractivity contribution in [2.45, 2.75) is 5.92 Å². The molecule has 0 radical (unpaired) electrons. The molecular formula is C17H15N5O2. The molecule has 7 heteroatoms. The van der Waals surface area contributed by atoms with Crippen LogP contribution in [0.5, 0.6) is 0 Å². The van der Waals surface area contributed by atoms with Crippen LogP contribution in [0.3, 0.4) is 0 Å². The lowest BCUT2D eigenvalue weighted by atomic mass is 10.0. The number of carbonyl (C=O) groups is 1. The number of para-hydroxylation sites is 1. The number of nitrogens with one attached hydrogen (secondary N) is 1. The summed E-state index contributed by atoms with van der Waals surface area (Å²) in [6.45, 7) is 1.13. The van der Waals surface area contributed by atoms with Gasteiger partial charge in [-0.1, -0.05) is 23.4 Å². The summed E-state index contributed by atoms with van der Waals surface area (Å²) in [6, 6.07) is 12.9. The summed E-state index contributed by atoms with van der Waals surface area (Å²) in [5.41, 5.74) is 1.64. The predicted octanol–water partition coefficient (Wildman–Crippen LogP) is 2.76. The van der Waals surface area contributed by atoms with Crippen molar-refractivity contribution in [3.63, 3.8) is 0 Å². The van der Waals surface area contributed by atoms with Crippen LogP contribution in [0.1, 0.15) is 11.8 Å². The van der Waals surface area contributed by atoms with Gasteiger partial charge in [-0.25, -0.2) is 4.79 Å². The standard InChI is InChI=1S/C17H15N5O2/c23-17(19-14-4-2-1-3-5-14)22-10-13(11-22)16-20-15(21-24-16)12-6-8-18-9-7-12/h1-9,13H,10-11H2,(H,19,23). The van der Waals surface area contributed by atoms with E-state index in [-0.39, 0.29) is 11.9 Å². The normalized spacial score (nSPS) is 14.2. The van der Waals surface area contributed by atoms with Gasteiger partial charge in [-0.05, 0) is 24.3 Å². The van der Waals surface area contributed by atoms with Gasteiger partial charge in [0.1, 0.15) is 0 Å². The molecule has 1 aromatic carbocycles. The van der Waals surface area contributed by atoms with Gasteiger partial charge >= 0.3 is 6.03 Å². The highest BCUT2D eigenvalue weighted by Crippen LogP contribution is 2.28. The molecule has 24 heavy (non-hydrogen) atoms. The summed E-state index contributed by atoms with van der Waals surface area (Å²) < 4.78 is 5.33. The molecule has 3 aromatic rings. The van der Waals surface area contributed by atoms with E-state index in [2.05, 4.69) is 20.4 Å². The van der Waals surface area contributed by atoms with E-state index in [4.69, 9.17) is 4.52 Å². The fourth-order valence-corrected chi connectivity index (χ4v) is 2.54. The van der Waals surface area contributed by atoms with Gasteiger partial charge in [0.25, 0.3) is 0 Å². The maximum atomic E-state index is 12.1. The molecule has 2 amide bonds. The Morgan fingerprint density at radius 1 is 1.12 bits per heavy atom. The zero-order chi connectivity index (χ0) is 16.4. The number of pyridine rings is 1. The first-order valence-corrected chi connectivity index (χ1v) is 7.64. The minimum atomic E-state index is -0.119. The summed E-state index contributed by atoms with van der Waals surface area (Å²) in [5.74, 6) is 1.18. The number of hydrogen-bond acceptors (Lipinski definition) is 5. The number of amides is 2. The smallest absolute Gasteiger partial charge is 0.321 e. The first kappa shape index (κ1) is 14.4. The second-order valence-electron chi connectivity index (χ2n) is 5.59. The molecule has 0 bridgehead atoms. The van der Waals surface area contributed by atoms with Crippen molar-refractivity contribution >= 4 is 11.7 Å². The SMILES string of the molecule is O=C(Nc1ccccc1)N1CC(c2nc(-c3ccncc3)no2)C1. The second-order valence-corrected chi connectivity index (χ2v) is 5.59. The van der Waals surface area contributed by atoms with Crippen LogP contribution in [0.25, 0.3) is 11.4 Å². The third-order valence-electron chi connectivity index (χ3n) is 3.92. The summed E-state index contributed by atoms with van der Waals surface area (Å²) in [6.07, 6.45) is 3.37. The van der Waals surface area contributed by atoms with Gasteiger partial charge in [0.05, 0.1) is 5.92 Å². The van der Waals surface area contributed by atoms with Crippen LogP contribution in [0, 0.1) is 0 Å². The van der Waals surface area contributed by atoms with Gasteiger partial charge in [0.2, 0.25) is 11.7 Å². The Morgan fingerprint density at radius 2 is 1.88 bits per heavy atom. The molecule has 0 unspecified atom stereocenters. The van der Waals surface area contributed by atoms with E-state index in [0.29, 0.717) is 24.8 Å². The van der Waals surface area contributed by atoms with Gasteiger partial charge in [-0.15, -0.1) is 0 Å². The van der Waals surface area contributed by atoms with Crippen LogP contribution in [0.15, 0.2) is 59.4 Å². The quantitative estimate of drug-likeness (QED) is 0.802. The van der Waals surface area contributed by atoms with E-state index in [1.165, 1.54) is 0 Å². The molecule has 1 aliphatic rings. The largest absolute Gasteiger partial charge is 0.339 e. The van der Waals surface area contributed by atoms with Crippen LogP contribution in [0.4, 0.5) is 10.5 Å². The van der Waals surface area contributed by atoms with Crippen molar-refractivity contribution in [2.24, 2.45) is 0 Å². The Bertz CT molecular complexity index is 828. The van der Waals surface area contributed by atoms with Gasteiger partial charge in [0, 0.05) is 36.7 Å². The zero-order valence-corrected chi connectivity index (χ0v) is 12.8. The average Bonchev–Trinajstić information content (AvgIpc) is 3.05. The van der Waals surface area contributed by atoms with E-state index in [0.717, 1.165) is 11.3 Å². The number of nitrogens with zero attached hydrogens (tertiary/aromatic N) is 4. The van der Waals surface area contributed by atoms with Crippen molar-refractivity contribution in [1.29, 1.82) is 0 Å². The minimum absolute atomic E-state index is 0.0783. The van der Waals surface area contributed by atoms with E-state index in [9.17, 15) is 4.79 Å². The number of rotatable bonds is 3. The lowest BCUT2D eigenvalue weighted by molar-refractivity contribution is 0.147. The Hall–Kier alpha value is -3.22. The summed E-state index contributed by atoms with van der Waals surface area (Å²) in [4.78, 5) is 22.2. The fourth-order valence-electron chi connectivity index (χ4n) is 2.54. The number of urea groups is 1. The van der Waals surface area contributed by atoms with E-state index in [1.54, 1.807) is 17.3 Å². The Kier molecular flexibility index (Phi) is 3.66. The number of likely N-dealkylation sites (tertiary alicyclic amines) is 1. The number of aromatic nitrogens is 3. The molecule has 1 fully saturated rings. The summed E-state index contributed by atoms with van der Waals surface area (Å²) in [5, 5.41) is 6.85. The Morgan fingerprint density at radius 3 is 2.62 bits per heavy atom. The highest BCUT2D eigenvalue weighted by molar-refractivity contribution is 5.89. The molecule has 4 rings (SSSR count). The highest BCUT2D eigenvalue weighted by Gasteiger charge is 2.35. The third-order valence-corrected chi connectivity index (χ3v) is 3.92. The van der Waals surface area contributed by atoms with Crippen LogP contribution in [-0.4, -0.2) is 39.1 Å². The first-order chi connectivity index (χ1) is 11.8. The molecule has 120 valence electrons. The summed E-state index contributed by atoms with van der Waals surface area (Å²) in [7, 11) is 0. The molecule has 0 atom stereocenters. The Balaban J connectivity index is 1.36. The molecule has 7 nitrogen and oxygen atoms in total. The van der Waals surface area contributed by atoms with E-state index in [1.807, 2.05) is 42.5 Å². The lowest BCUT2D eigenvalue weighted by Crippen LogP contribution is -2.50. The van der Waals surface area contributed by atoms with Gasteiger partial charge in [0.15, 0.2) is 0 Å². The molecule has 1 saturated heterocycles. The molecule has 3 heterocycles. The second kappa shape index (κ2) is 6.11. The first-order valence-electron chi connectivity index (χ1n) is 7.64. The number of anilines is 1. The van der Waals surface area contributed by atoms with Crippen molar-refractivity contribution in [3.05, 3.63) is 60.7 Å². The maximum Gasteiger partial charge on any atom is 0.321 e. The average molecular weight is 321 g/mol. The van der Waals surface area contributed by atoms with Crippen molar-refractivity contribution in [2.75, 3.05) is 18.4 Å². The van der Waals surface area contributed by atoms with E-state index < -0.39 is 0 Å². The highest BCUT2D eigenvalue weighted by atomic mass is 16.5. The zero-order valence-electron chi connectivity index (χ0n) is 12.8. The molecule has 0 saturated carbocycles. The summed E-state index contributed by atoms with van der Waals surface area (Å²) >= 11 is 0. The maximum absolute atomic E-state index is 12.1. The topological polar surface area (TPSA) is 84.2 Å². The van der Waals surface area contributed by atoms with Crippen molar-refractivity contribution < 1.29 is 9.32 Å². The number of hydrogen-bond donors (Lipinski definition) is 1. The molecule has 0 aliphatic carbocycles. The van der Waals surface area contributed by atoms with Gasteiger partial charge in [-0.2, -0.15) is 4.98 Å². The molecule has 0 spiro atoms. The third kappa shape index (κ3) is 2.83. The van der Waals surface area contributed by atoms with Crippen molar-refractivity contribution in [1.82, 2.24) is 20.0 Å². The van der Waals surface area contributed by atoms with E-state index >= 15 is 0 Å². The van der Waals surface area contributed by atoms with Crippen LogP contribution >= 0.6 is 0 Å². The lowest BCUT2D eigenvalue weighted by Gasteiger charge is -2.36. The molecular weight excluding hydrogens is 306 g/mol. The minimum Gasteiger partial charge on any atom is -0.339 e. The van der Waals surface area contributed by atoms with Crippen molar-refractivity contribution in [3.8, 4) is 11.4 Å². The van der Waals surface area contributed by atoms with Crippen LogP contribution < -0.4 is 5.32 Å².